The number of hydrogen-bond donors (Lipinski definition) is 1. The third kappa shape index (κ3) is 4.73. The first-order valence-electron chi connectivity index (χ1n) is 8.29. The molecule has 19 heavy (non-hydrogen) atoms. The van der Waals surface area contributed by atoms with Gasteiger partial charge in [-0.15, -0.1) is 0 Å². The van der Waals surface area contributed by atoms with E-state index in [2.05, 4.69) is 36.1 Å². The van der Waals surface area contributed by atoms with E-state index in [1.54, 1.807) is 0 Å². The summed E-state index contributed by atoms with van der Waals surface area (Å²) in [6.07, 6.45) is 8.59. The van der Waals surface area contributed by atoms with Crippen LogP contribution < -0.4 is 5.32 Å². The van der Waals surface area contributed by atoms with Crippen LogP contribution in [-0.2, 0) is 0 Å². The van der Waals surface area contributed by atoms with Crippen molar-refractivity contribution in [1.29, 1.82) is 0 Å². The molecule has 1 aliphatic heterocycles. The van der Waals surface area contributed by atoms with Gasteiger partial charge in [-0.2, -0.15) is 0 Å². The summed E-state index contributed by atoms with van der Waals surface area (Å²) < 4.78 is 0. The Bertz CT molecular complexity index is 248. The monoisotopic (exact) mass is 267 g/mol. The maximum atomic E-state index is 3.82. The van der Waals surface area contributed by atoms with Gasteiger partial charge in [-0.1, -0.05) is 19.3 Å². The maximum absolute atomic E-state index is 3.82. The minimum Gasteiger partial charge on any atom is -0.311 e. The van der Waals surface area contributed by atoms with Crippen molar-refractivity contribution in [2.75, 3.05) is 40.3 Å². The van der Waals surface area contributed by atoms with Crippen LogP contribution in [-0.4, -0.2) is 62.2 Å². The molecule has 0 aromatic rings. The van der Waals surface area contributed by atoms with E-state index in [-0.39, 0.29) is 0 Å². The normalized spacial score (nSPS) is 30.9. The summed E-state index contributed by atoms with van der Waals surface area (Å²) in [6.45, 7) is 7.32. The highest BCUT2D eigenvalue weighted by Crippen LogP contribution is 2.28. The average Bonchev–Trinajstić information content (AvgIpc) is 2.41. The third-order valence-corrected chi connectivity index (χ3v) is 5.00. The van der Waals surface area contributed by atoms with Crippen LogP contribution in [0.25, 0.3) is 0 Å². The van der Waals surface area contributed by atoms with Crippen molar-refractivity contribution in [3.05, 3.63) is 0 Å². The predicted molar refractivity (Wildman–Crippen MR) is 82.6 cm³/mol. The van der Waals surface area contributed by atoms with Crippen molar-refractivity contribution in [2.24, 2.45) is 5.92 Å². The van der Waals surface area contributed by atoms with Crippen molar-refractivity contribution in [2.45, 2.75) is 57.5 Å². The molecule has 2 atom stereocenters. The van der Waals surface area contributed by atoms with E-state index in [4.69, 9.17) is 0 Å². The molecule has 0 aromatic heterocycles. The van der Waals surface area contributed by atoms with Gasteiger partial charge in [-0.3, -0.25) is 4.90 Å². The van der Waals surface area contributed by atoms with E-state index < -0.39 is 0 Å². The van der Waals surface area contributed by atoms with Crippen molar-refractivity contribution >= 4 is 0 Å². The molecule has 1 N–H and O–H groups in total. The molecule has 0 aromatic carbocycles. The van der Waals surface area contributed by atoms with Crippen LogP contribution in [0.4, 0.5) is 0 Å². The lowest BCUT2D eigenvalue weighted by atomic mass is 9.82. The average molecular weight is 267 g/mol. The maximum Gasteiger partial charge on any atom is 0.0224 e. The molecule has 0 bridgehead atoms. The molecule has 3 nitrogen and oxygen atoms in total. The molecular weight excluding hydrogens is 234 g/mol. The Hall–Kier alpha value is -0.120. The van der Waals surface area contributed by atoms with Crippen LogP contribution in [0.5, 0.6) is 0 Å². The molecule has 3 heteroatoms. The Morgan fingerprint density at radius 3 is 2.58 bits per heavy atom. The lowest BCUT2D eigenvalue weighted by molar-refractivity contribution is 0.101. The summed E-state index contributed by atoms with van der Waals surface area (Å²) in [7, 11) is 4.35. The second kappa shape index (κ2) is 7.61. The standard InChI is InChI=1S/C16H33N3/c1-14-12-17-16(15-8-5-4-6-9-15)13-19(14)11-7-10-18(2)3/h14-17H,4-13H2,1-3H3. The quantitative estimate of drug-likeness (QED) is 0.824. The van der Waals surface area contributed by atoms with Crippen molar-refractivity contribution < 1.29 is 0 Å². The van der Waals surface area contributed by atoms with Gasteiger partial charge in [0.15, 0.2) is 0 Å². The molecule has 1 saturated heterocycles. The van der Waals surface area contributed by atoms with Gasteiger partial charge in [-0.05, 0) is 59.3 Å². The summed E-state index contributed by atoms with van der Waals surface area (Å²) in [5.74, 6) is 0.942. The van der Waals surface area contributed by atoms with Crippen molar-refractivity contribution in [3.63, 3.8) is 0 Å². The van der Waals surface area contributed by atoms with Gasteiger partial charge in [0.2, 0.25) is 0 Å². The SMILES string of the molecule is CC1CNC(C2CCCCC2)CN1CCCN(C)C. The van der Waals surface area contributed by atoms with Crippen molar-refractivity contribution in [1.82, 2.24) is 15.1 Å². The van der Waals surface area contributed by atoms with E-state index in [0.717, 1.165) is 12.0 Å². The Labute approximate surface area is 119 Å². The van der Waals surface area contributed by atoms with Crippen LogP contribution in [0.2, 0.25) is 0 Å². The molecule has 0 amide bonds. The van der Waals surface area contributed by atoms with Gasteiger partial charge in [0, 0.05) is 25.2 Å². The van der Waals surface area contributed by atoms with Gasteiger partial charge in [0.05, 0.1) is 0 Å². The van der Waals surface area contributed by atoms with Gasteiger partial charge in [0.25, 0.3) is 0 Å². The number of nitrogens with zero attached hydrogens (tertiary/aromatic N) is 2. The Morgan fingerprint density at radius 1 is 1.16 bits per heavy atom. The number of rotatable bonds is 5. The van der Waals surface area contributed by atoms with Crippen LogP contribution in [0.3, 0.4) is 0 Å². The highest BCUT2D eigenvalue weighted by molar-refractivity contribution is 4.89. The molecule has 1 saturated carbocycles. The molecule has 2 unspecified atom stereocenters. The molecule has 1 aliphatic carbocycles. The smallest absolute Gasteiger partial charge is 0.0224 e. The molecule has 0 radical (unpaired) electrons. The molecular formula is C16H33N3. The van der Waals surface area contributed by atoms with E-state index in [0.29, 0.717) is 6.04 Å². The van der Waals surface area contributed by atoms with Gasteiger partial charge >= 0.3 is 0 Å². The first-order chi connectivity index (χ1) is 9.16. The van der Waals surface area contributed by atoms with E-state index >= 15 is 0 Å². The second-order valence-corrected chi connectivity index (χ2v) is 6.91. The summed E-state index contributed by atoms with van der Waals surface area (Å²) in [6, 6.07) is 1.47. The fourth-order valence-electron chi connectivity index (χ4n) is 3.70. The summed E-state index contributed by atoms with van der Waals surface area (Å²) in [5.41, 5.74) is 0. The fourth-order valence-corrected chi connectivity index (χ4v) is 3.70. The predicted octanol–water partition coefficient (Wildman–Crippen LogP) is 2.18. The zero-order chi connectivity index (χ0) is 13.7. The highest BCUT2D eigenvalue weighted by atomic mass is 15.2. The molecule has 2 rings (SSSR count). The minimum atomic E-state index is 0.710. The zero-order valence-corrected chi connectivity index (χ0v) is 13.2. The highest BCUT2D eigenvalue weighted by Gasteiger charge is 2.30. The Morgan fingerprint density at radius 2 is 1.89 bits per heavy atom. The first kappa shape index (κ1) is 15.3. The zero-order valence-electron chi connectivity index (χ0n) is 13.2. The van der Waals surface area contributed by atoms with E-state index in [1.807, 2.05) is 0 Å². The van der Waals surface area contributed by atoms with Crippen LogP contribution in [0.15, 0.2) is 0 Å². The summed E-state index contributed by atoms with van der Waals surface area (Å²) in [4.78, 5) is 5.02. The van der Waals surface area contributed by atoms with Crippen LogP contribution in [0, 0.1) is 5.92 Å². The second-order valence-electron chi connectivity index (χ2n) is 6.91. The van der Waals surface area contributed by atoms with E-state index in [9.17, 15) is 0 Å². The number of piperazine rings is 1. The minimum absolute atomic E-state index is 0.710. The Balaban J connectivity index is 1.77. The van der Waals surface area contributed by atoms with Gasteiger partial charge in [0.1, 0.15) is 0 Å². The lowest BCUT2D eigenvalue weighted by Gasteiger charge is -2.43. The molecule has 2 aliphatic rings. The lowest BCUT2D eigenvalue weighted by Crippen LogP contribution is -2.58. The largest absolute Gasteiger partial charge is 0.311 e. The molecule has 0 spiro atoms. The topological polar surface area (TPSA) is 18.5 Å². The third-order valence-electron chi connectivity index (χ3n) is 5.00. The number of hydrogen-bond acceptors (Lipinski definition) is 3. The fraction of sp³-hybridized carbons (Fsp3) is 1.00. The van der Waals surface area contributed by atoms with Crippen LogP contribution >= 0.6 is 0 Å². The molecule has 1 heterocycles. The first-order valence-corrected chi connectivity index (χ1v) is 8.29. The Kier molecular flexibility index (Phi) is 6.11. The summed E-state index contributed by atoms with van der Waals surface area (Å²) >= 11 is 0. The van der Waals surface area contributed by atoms with Gasteiger partial charge in [-0.25, -0.2) is 0 Å². The number of nitrogens with one attached hydrogen (secondary N) is 1. The van der Waals surface area contributed by atoms with Crippen molar-refractivity contribution in [3.8, 4) is 0 Å². The van der Waals surface area contributed by atoms with Crippen LogP contribution in [0.1, 0.15) is 45.4 Å². The molecule has 112 valence electrons. The van der Waals surface area contributed by atoms with E-state index in [1.165, 1.54) is 64.7 Å². The molecule has 2 fully saturated rings. The van der Waals surface area contributed by atoms with Gasteiger partial charge < -0.3 is 10.2 Å². The summed E-state index contributed by atoms with van der Waals surface area (Å²) in [5, 5.41) is 3.82.